The molecule has 0 spiro atoms. The molecule has 0 aliphatic heterocycles. The zero-order valence-electron chi connectivity index (χ0n) is 11.1. The van der Waals surface area contributed by atoms with E-state index in [2.05, 4.69) is 10.3 Å². The van der Waals surface area contributed by atoms with E-state index < -0.39 is 5.97 Å². The normalized spacial score (nSPS) is 9.10. The summed E-state index contributed by atoms with van der Waals surface area (Å²) in [4.78, 5) is 14.9. The van der Waals surface area contributed by atoms with Gasteiger partial charge in [-0.25, -0.2) is 14.2 Å². The number of aryl methyl sites for hydroxylation is 1. The molecule has 0 aliphatic carbocycles. The summed E-state index contributed by atoms with van der Waals surface area (Å²) in [5.74, 6) is -1.25. The second-order valence-electron chi connectivity index (χ2n) is 3.79. The number of nitrogens with zero attached hydrogens (tertiary/aromatic N) is 1. The molecule has 1 aromatic carbocycles. The Morgan fingerprint density at radius 1 is 1.35 bits per heavy atom. The van der Waals surface area contributed by atoms with Crippen LogP contribution in [0.15, 0.2) is 36.5 Å². The zero-order valence-corrected chi connectivity index (χ0v) is 11.1. The molecule has 1 aromatic heterocycles. The van der Waals surface area contributed by atoms with Gasteiger partial charge in [0.25, 0.3) is 0 Å². The van der Waals surface area contributed by atoms with Gasteiger partial charge in [-0.05, 0) is 36.8 Å². The number of carboxylic acids is 1. The number of hydrogen-bond acceptors (Lipinski definition) is 4. The Morgan fingerprint density at radius 3 is 2.65 bits per heavy atom. The molecule has 0 atom stereocenters. The SMILES string of the molecule is Cc1ccc(Nc2ncccc2C(=O)O)cc1F.[Li+].[OH-]. The van der Waals surface area contributed by atoms with Crippen LogP contribution in [-0.2, 0) is 0 Å². The van der Waals surface area contributed by atoms with Crippen molar-refractivity contribution in [2.24, 2.45) is 0 Å². The molecule has 2 aromatic rings. The number of benzene rings is 1. The molecular formula is C13H12FLiN2O3. The van der Waals surface area contributed by atoms with Crippen molar-refractivity contribution in [1.29, 1.82) is 0 Å². The Balaban J connectivity index is 0.00000180. The predicted octanol–water partition coefficient (Wildman–Crippen LogP) is -0.202. The standard InChI is InChI=1S/C13H11FN2O2.Li.H2O/c1-8-4-5-9(7-11(8)14)16-12-10(13(17)18)3-2-6-15-12;;/h2-7H,1H3,(H,15,16)(H,17,18);;1H2/q;+1;/p-1. The third-order valence-electron chi connectivity index (χ3n) is 2.47. The minimum atomic E-state index is -1.09. The molecule has 7 heteroatoms. The van der Waals surface area contributed by atoms with Gasteiger partial charge >= 0.3 is 24.8 Å². The van der Waals surface area contributed by atoms with Crippen molar-refractivity contribution < 1.29 is 38.6 Å². The van der Waals surface area contributed by atoms with Crippen molar-refractivity contribution in [3.63, 3.8) is 0 Å². The first-order chi connectivity index (χ1) is 8.58. The van der Waals surface area contributed by atoms with E-state index >= 15 is 0 Å². The van der Waals surface area contributed by atoms with Crippen LogP contribution in [-0.4, -0.2) is 21.5 Å². The molecule has 1 heterocycles. The molecule has 2 rings (SSSR count). The number of pyridine rings is 1. The summed E-state index contributed by atoms with van der Waals surface area (Å²) in [6.07, 6.45) is 1.47. The van der Waals surface area contributed by atoms with E-state index in [0.29, 0.717) is 11.3 Å². The second-order valence-corrected chi connectivity index (χ2v) is 3.79. The van der Waals surface area contributed by atoms with Crippen LogP contribution in [0.5, 0.6) is 0 Å². The van der Waals surface area contributed by atoms with Crippen molar-refractivity contribution in [2.45, 2.75) is 6.92 Å². The van der Waals surface area contributed by atoms with Crippen LogP contribution in [0.3, 0.4) is 0 Å². The van der Waals surface area contributed by atoms with E-state index in [-0.39, 0.29) is 41.5 Å². The van der Waals surface area contributed by atoms with E-state index in [9.17, 15) is 9.18 Å². The van der Waals surface area contributed by atoms with Gasteiger partial charge in [0.15, 0.2) is 0 Å². The second kappa shape index (κ2) is 7.65. The van der Waals surface area contributed by atoms with Crippen LogP contribution in [0, 0.1) is 12.7 Å². The van der Waals surface area contributed by atoms with Crippen molar-refractivity contribution in [2.75, 3.05) is 5.32 Å². The molecule has 0 unspecified atom stereocenters. The van der Waals surface area contributed by atoms with E-state index in [0.717, 1.165) is 0 Å². The number of carboxylic acid groups (broad SMARTS) is 1. The fraction of sp³-hybridized carbons (Fsp3) is 0.0769. The maximum absolute atomic E-state index is 13.4. The molecule has 5 nitrogen and oxygen atoms in total. The predicted molar refractivity (Wildman–Crippen MR) is 67.6 cm³/mol. The Hall–Kier alpha value is -1.87. The third kappa shape index (κ3) is 4.07. The first kappa shape index (κ1) is 18.1. The topological polar surface area (TPSA) is 92.2 Å². The summed E-state index contributed by atoms with van der Waals surface area (Å²) in [5, 5.41) is 11.8. The summed E-state index contributed by atoms with van der Waals surface area (Å²) in [6, 6.07) is 7.54. The fourth-order valence-electron chi connectivity index (χ4n) is 1.48. The first-order valence-corrected chi connectivity index (χ1v) is 5.29. The van der Waals surface area contributed by atoms with Gasteiger partial charge in [-0.1, -0.05) is 6.07 Å². The Morgan fingerprint density at radius 2 is 2.05 bits per heavy atom. The van der Waals surface area contributed by atoms with Crippen LogP contribution < -0.4 is 24.2 Å². The Bertz CT molecular complexity index is 608. The van der Waals surface area contributed by atoms with Crippen LogP contribution in [0.4, 0.5) is 15.9 Å². The monoisotopic (exact) mass is 270 g/mol. The number of hydrogen-bond donors (Lipinski definition) is 2. The molecule has 100 valence electrons. The van der Waals surface area contributed by atoms with E-state index in [1.54, 1.807) is 19.1 Å². The van der Waals surface area contributed by atoms with Gasteiger partial charge in [-0.15, -0.1) is 0 Å². The van der Waals surface area contributed by atoms with Crippen molar-refractivity contribution in [1.82, 2.24) is 4.98 Å². The molecule has 0 fully saturated rings. The Labute approximate surface area is 127 Å². The minimum absolute atomic E-state index is 0. The van der Waals surface area contributed by atoms with E-state index in [4.69, 9.17) is 5.11 Å². The van der Waals surface area contributed by atoms with Crippen molar-refractivity contribution in [3.05, 3.63) is 53.5 Å². The molecule has 0 bridgehead atoms. The number of anilines is 2. The number of aromatic carboxylic acids is 1. The van der Waals surface area contributed by atoms with Gasteiger partial charge < -0.3 is 15.9 Å². The fourth-order valence-corrected chi connectivity index (χ4v) is 1.48. The maximum atomic E-state index is 13.4. The van der Waals surface area contributed by atoms with Gasteiger partial charge in [0.2, 0.25) is 0 Å². The molecule has 3 N–H and O–H groups in total. The molecule has 0 saturated carbocycles. The number of nitrogens with one attached hydrogen (secondary N) is 1. The van der Waals surface area contributed by atoms with Gasteiger partial charge in [-0.2, -0.15) is 0 Å². The van der Waals surface area contributed by atoms with E-state index in [1.165, 1.54) is 24.4 Å². The number of carbonyl (C=O) groups is 1. The number of halogens is 1. The van der Waals surface area contributed by atoms with Crippen LogP contribution >= 0.6 is 0 Å². The molecule has 0 radical (unpaired) electrons. The van der Waals surface area contributed by atoms with Gasteiger partial charge in [-0.3, -0.25) is 0 Å². The maximum Gasteiger partial charge on any atom is 1.00 e. The number of aromatic nitrogens is 1. The number of rotatable bonds is 3. The van der Waals surface area contributed by atoms with E-state index in [1.807, 2.05) is 0 Å². The summed E-state index contributed by atoms with van der Waals surface area (Å²) < 4.78 is 13.4. The summed E-state index contributed by atoms with van der Waals surface area (Å²) in [6.45, 7) is 1.66. The van der Waals surface area contributed by atoms with Crippen LogP contribution in [0.1, 0.15) is 15.9 Å². The molecule has 0 saturated heterocycles. The summed E-state index contributed by atoms with van der Waals surface area (Å²) in [7, 11) is 0. The average Bonchev–Trinajstić information content (AvgIpc) is 2.34. The molecule has 20 heavy (non-hydrogen) atoms. The average molecular weight is 270 g/mol. The largest absolute Gasteiger partial charge is 1.00 e. The Kier molecular flexibility index (Phi) is 6.94. The van der Waals surface area contributed by atoms with Gasteiger partial charge in [0.05, 0.1) is 0 Å². The molecule has 0 aliphatic rings. The van der Waals surface area contributed by atoms with Crippen LogP contribution in [0.25, 0.3) is 0 Å². The van der Waals surface area contributed by atoms with Gasteiger partial charge in [0, 0.05) is 11.9 Å². The smallest absolute Gasteiger partial charge is 0.870 e. The zero-order chi connectivity index (χ0) is 13.1. The van der Waals surface area contributed by atoms with Crippen molar-refractivity contribution >= 4 is 17.5 Å². The van der Waals surface area contributed by atoms with Crippen molar-refractivity contribution in [3.8, 4) is 0 Å². The molecular weight excluding hydrogens is 258 g/mol. The summed E-state index contributed by atoms with van der Waals surface area (Å²) >= 11 is 0. The quantitative estimate of drug-likeness (QED) is 0.753. The molecule has 0 amide bonds. The minimum Gasteiger partial charge on any atom is -0.870 e. The first-order valence-electron chi connectivity index (χ1n) is 5.29. The third-order valence-corrected chi connectivity index (χ3v) is 2.47. The van der Waals surface area contributed by atoms with Crippen LogP contribution in [0.2, 0.25) is 0 Å². The van der Waals surface area contributed by atoms with Gasteiger partial charge in [0.1, 0.15) is 17.2 Å². The summed E-state index contributed by atoms with van der Waals surface area (Å²) in [5.41, 5.74) is 1.03.